The second kappa shape index (κ2) is 12.6. The molecule has 0 spiro atoms. The van der Waals surface area contributed by atoms with Crippen LogP contribution in [0.5, 0.6) is 5.75 Å². The van der Waals surface area contributed by atoms with Crippen LogP contribution in [0, 0.1) is 5.92 Å². The summed E-state index contributed by atoms with van der Waals surface area (Å²) in [6.45, 7) is 3.85. The van der Waals surface area contributed by atoms with E-state index in [1.807, 2.05) is 42.5 Å². The molecule has 2 amide bonds. The fraction of sp³-hybridized carbons (Fsp3) is 0.391. The first-order valence-corrected chi connectivity index (χ1v) is 9.79. The van der Waals surface area contributed by atoms with Gasteiger partial charge in [-0.1, -0.05) is 49.4 Å². The minimum atomic E-state index is -0.560. The summed E-state index contributed by atoms with van der Waals surface area (Å²) in [6, 6.07) is 7.82. The largest absolute Gasteiger partial charge is 0.497 e. The van der Waals surface area contributed by atoms with E-state index >= 15 is 0 Å². The monoisotopic (exact) mass is 399 g/mol. The van der Waals surface area contributed by atoms with Gasteiger partial charge in [0.05, 0.1) is 26.9 Å². The maximum Gasteiger partial charge on any atom is 0.416 e. The van der Waals surface area contributed by atoms with Gasteiger partial charge in [-0.2, -0.15) is 0 Å². The molecular weight excluding hydrogens is 370 g/mol. The van der Waals surface area contributed by atoms with Crippen molar-refractivity contribution in [2.24, 2.45) is 5.92 Å². The molecule has 1 aromatic rings. The average molecular weight is 399 g/mol. The normalized spacial score (nSPS) is 15.5. The zero-order chi connectivity index (χ0) is 20.9. The molecule has 1 atom stereocenters. The maximum atomic E-state index is 11.8. The Morgan fingerprint density at radius 1 is 1.24 bits per heavy atom. The van der Waals surface area contributed by atoms with E-state index in [1.165, 1.54) is 6.08 Å². The molecule has 0 unspecified atom stereocenters. The van der Waals surface area contributed by atoms with Gasteiger partial charge in [-0.25, -0.2) is 9.69 Å². The molecule has 0 bridgehead atoms. The molecule has 0 radical (unpaired) electrons. The van der Waals surface area contributed by atoms with Crippen LogP contribution in [-0.2, 0) is 20.9 Å². The van der Waals surface area contributed by atoms with Crippen LogP contribution in [0.1, 0.15) is 25.3 Å². The van der Waals surface area contributed by atoms with Gasteiger partial charge in [0.15, 0.2) is 0 Å². The van der Waals surface area contributed by atoms with Gasteiger partial charge in [0.25, 0.3) is 5.91 Å². The highest BCUT2D eigenvalue weighted by atomic mass is 16.6. The van der Waals surface area contributed by atoms with E-state index < -0.39 is 6.09 Å². The fourth-order valence-corrected chi connectivity index (χ4v) is 2.68. The van der Waals surface area contributed by atoms with E-state index in [0.717, 1.165) is 29.1 Å². The number of amides is 2. The van der Waals surface area contributed by atoms with E-state index in [1.54, 1.807) is 13.2 Å². The number of ether oxygens (including phenoxy) is 3. The van der Waals surface area contributed by atoms with Crippen molar-refractivity contribution in [1.82, 2.24) is 4.90 Å². The van der Waals surface area contributed by atoms with Crippen LogP contribution in [0.4, 0.5) is 4.79 Å². The molecule has 1 heterocycles. The lowest BCUT2D eigenvalue weighted by Crippen LogP contribution is -2.29. The van der Waals surface area contributed by atoms with Crippen molar-refractivity contribution < 1.29 is 23.8 Å². The number of allylic oxidation sites excluding steroid dienone is 4. The standard InChI is InChI=1S/C23H29NO5/c1-19(9-5-6-10-22(25)24-15-17-29-23(24)26)8-4-3-7-16-28-18-20-11-13-21(27-2)14-12-20/h3-4,6-8,10-14,19H,5,9,15-18H2,1-2H3/b7-3+,8-4+,10-6+/t19-/m1/s1. The topological polar surface area (TPSA) is 65.1 Å². The third kappa shape index (κ3) is 8.35. The Labute approximate surface area is 172 Å². The first-order valence-electron chi connectivity index (χ1n) is 9.79. The Kier molecular flexibility index (Phi) is 9.72. The molecule has 1 aromatic carbocycles. The Morgan fingerprint density at radius 2 is 2.03 bits per heavy atom. The summed E-state index contributed by atoms with van der Waals surface area (Å²) in [5.74, 6) is 0.913. The van der Waals surface area contributed by atoms with E-state index in [4.69, 9.17) is 14.2 Å². The highest BCUT2D eigenvalue weighted by Crippen LogP contribution is 2.12. The maximum absolute atomic E-state index is 11.8. The van der Waals surface area contributed by atoms with Crippen LogP contribution in [0.25, 0.3) is 0 Å². The molecule has 1 fully saturated rings. The first kappa shape index (κ1) is 22.4. The highest BCUT2D eigenvalue weighted by molar-refractivity contribution is 5.99. The van der Waals surface area contributed by atoms with Crippen molar-refractivity contribution in [3.8, 4) is 5.75 Å². The molecule has 29 heavy (non-hydrogen) atoms. The Hall–Kier alpha value is -2.86. The number of carbonyl (C=O) groups is 2. The number of carbonyl (C=O) groups excluding carboxylic acids is 2. The zero-order valence-electron chi connectivity index (χ0n) is 17.1. The lowest BCUT2D eigenvalue weighted by molar-refractivity contribution is -0.122. The number of imide groups is 1. The van der Waals surface area contributed by atoms with Crippen LogP contribution in [0.2, 0.25) is 0 Å². The van der Waals surface area contributed by atoms with Gasteiger partial charge in [-0.05, 0) is 42.5 Å². The van der Waals surface area contributed by atoms with Gasteiger partial charge in [-0.15, -0.1) is 0 Å². The molecular formula is C23H29NO5. The third-order valence-electron chi connectivity index (χ3n) is 4.40. The Balaban J connectivity index is 1.56. The minimum absolute atomic E-state index is 0.278. The first-order chi connectivity index (χ1) is 14.1. The molecule has 0 aromatic heterocycles. The summed E-state index contributed by atoms with van der Waals surface area (Å²) in [5.41, 5.74) is 1.11. The summed E-state index contributed by atoms with van der Waals surface area (Å²) in [7, 11) is 1.65. The average Bonchev–Trinajstić information content (AvgIpc) is 3.16. The van der Waals surface area contributed by atoms with Gasteiger partial charge in [0.1, 0.15) is 12.4 Å². The van der Waals surface area contributed by atoms with Crippen LogP contribution in [0.15, 0.2) is 60.7 Å². The second-order valence-corrected chi connectivity index (χ2v) is 6.74. The number of nitrogens with zero attached hydrogens (tertiary/aromatic N) is 1. The number of rotatable bonds is 11. The molecule has 2 rings (SSSR count). The van der Waals surface area contributed by atoms with Crippen molar-refractivity contribution in [2.45, 2.75) is 26.4 Å². The van der Waals surface area contributed by atoms with E-state index in [0.29, 0.717) is 25.7 Å². The minimum Gasteiger partial charge on any atom is -0.497 e. The molecule has 1 aliphatic heterocycles. The second-order valence-electron chi connectivity index (χ2n) is 6.74. The van der Waals surface area contributed by atoms with Gasteiger partial charge >= 0.3 is 6.09 Å². The van der Waals surface area contributed by atoms with Crippen molar-refractivity contribution in [1.29, 1.82) is 0 Å². The highest BCUT2D eigenvalue weighted by Gasteiger charge is 2.26. The summed E-state index contributed by atoms with van der Waals surface area (Å²) >= 11 is 0. The predicted molar refractivity (Wildman–Crippen MR) is 112 cm³/mol. The van der Waals surface area contributed by atoms with Crippen molar-refractivity contribution in [2.75, 3.05) is 26.9 Å². The predicted octanol–water partition coefficient (Wildman–Crippen LogP) is 4.28. The van der Waals surface area contributed by atoms with E-state index in [9.17, 15) is 9.59 Å². The summed E-state index contributed by atoms with van der Waals surface area (Å²) in [5, 5.41) is 0. The summed E-state index contributed by atoms with van der Waals surface area (Å²) in [4.78, 5) is 24.2. The van der Waals surface area contributed by atoms with Crippen molar-refractivity contribution in [3.05, 3.63) is 66.3 Å². The van der Waals surface area contributed by atoms with E-state index in [-0.39, 0.29) is 12.5 Å². The number of methoxy groups -OCH3 is 1. The van der Waals surface area contributed by atoms with Gasteiger partial charge in [0, 0.05) is 0 Å². The van der Waals surface area contributed by atoms with Gasteiger partial charge < -0.3 is 14.2 Å². The number of benzene rings is 1. The lowest BCUT2D eigenvalue weighted by atomic mass is 10.0. The smallest absolute Gasteiger partial charge is 0.416 e. The fourth-order valence-electron chi connectivity index (χ4n) is 2.68. The molecule has 6 heteroatoms. The molecule has 1 saturated heterocycles. The van der Waals surface area contributed by atoms with Crippen LogP contribution in [-0.4, -0.2) is 43.8 Å². The summed E-state index contributed by atoms with van der Waals surface area (Å²) in [6.07, 6.45) is 12.5. The quantitative estimate of drug-likeness (QED) is 0.316. The lowest BCUT2D eigenvalue weighted by Gasteiger charge is -2.06. The molecule has 0 N–H and O–H groups in total. The molecule has 0 aliphatic carbocycles. The van der Waals surface area contributed by atoms with Gasteiger partial charge in [-0.3, -0.25) is 4.79 Å². The van der Waals surface area contributed by atoms with Crippen molar-refractivity contribution >= 4 is 12.0 Å². The SMILES string of the molecule is COc1ccc(COC/C=C/C=C/[C@@H](C)CC/C=C/C(=O)N2CCOC2=O)cc1. The molecule has 1 aliphatic rings. The number of hydrogen-bond acceptors (Lipinski definition) is 5. The Morgan fingerprint density at radius 3 is 2.72 bits per heavy atom. The molecule has 6 nitrogen and oxygen atoms in total. The van der Waals surface area contributed by atoms with E-state index in [2.05, 4.69) is 13.0 Å². The van der Waals surface area contributed by atoms with Gasteiger partial charge in [0.2, 0.25) is 0 Å². The van der Waals surface area contributed by atoms with Crippen LogP contribution in [0.3, 0.4) is 0 Å². The molecule has 0 saturated carbocycles. The van der Waals surface area contributed by atoms with Crippen LogP contribution >= 0.6 is 0 Å². The van der Waals surface area contributed by atoms with Crippen molar-refractivity contribution in [3.63, 3.8) is 0 Å². The molecule has 156 valence electrons. The van der Waals surface area contributed by atoms with Crippen LogP contribution < -0.4 is 4.74 Å². The third-order valence-corrected chi connectivity index (χ3v) is 4.40. The number of cyclic esters (lactones) is 1. The Bertz CT molecular complexity index is 736. The zero-order valence-corrected chi connectivity index (χ0v) is 17.1. The number of hydrogen-bond donors (Lipinski definition) is 0. The summed E-state index contributed by atoms with van der Waals surface area (Å²) < 4.78 is 15.5.